The van der Waals surface area contributed by atoms with Gasteiger partial charge in [-0.1, -0.05) is 143 Å². The van der Waals surface area contributed by atoms with E-state index in [0.29, 0.717) is 12.8 Å². The number of phosphoric ester groups is 1. The Hall–Kier alpha value is -3.49. The quantitative estimate of drug-likeness (QED) is 0.00922. The number of carbonyl (C=O) groups excluding carboxylic acids is 2. The zero-order chi connectivity index (χ0) is 54.1. The van der Waals surface area contributed by atoms with Crippen molar-refractivity contribution in [3.8, 4) is 0 Å². The van der Waals surface area contributed by atoms with Gasteiger partial charge in [0, 0.05) is 23.8 Å². The minimum Gasteiger partial charge on any atom is -0.481 e. The Kier molecular flexibility index (Phi) is 39.5. The summed E-state index contributed by atoms with van der Waals surface area (Å²) in [6.45, 7) is 2.77. The number of phosphoric acid groups is 1. The first kappa shape index (κ1) is 67.5. The van der Waals surface area contributed by atoms with E-state index in [2.05, 4.69) is 74.6 Å². The fraction of sp³-hybridized carbons (Fsp3) is 0.648. The molecule has 0 bridgehead atoms. The van der Waals surface area contributed by atoms with Crippen molar-refractivity contribution in [1.82, 2.24) is 0 Å². The number of aliphatic hydroxyl groups excluding tert-OH is 6. The third kappa shape index (κ3) is 33.9. The molecule has 1 rings (SSSR count). The molecule has 0 aromatic heterocycles. The summed E-state index contributed by atoms with van der Waals surface area (Å²) in [5.41, 5.74) is 6.18. The molecule has 0 amide bonds. The Morgan fingerprint density at radius 3 is 1.68 bits per heavy atom. The van der Waals surface area contributed by atoms with Gasteiger partial charge in [0.2, 0.25) is 0 Å². The second kappa shape index (κ2) is 42.7. The molecule has 11 atom stereocenters. The van der Waals surface area contributed by atoms with E-state index in [0.717, 1.165) is 63.1 Å². The smallest absolute Gasteiger partial charge is 0.472 e. The highest BCUT2D eigenvalue weighted by molar-refractivity contribution is 8.00. The molecule has 0 aliphatic heterocycles. The zero-order valence-electron chi connectivity index (χ0n) is 43.1. The summed E-state index contributed by atoms with van der Waals surface area (Å²) in [4.78, 5) is 47.7. The van der Waals surface area contributed by atoms with E-state index in [9.17, 15) is 54.5 Å². The third-order valence-electron chi connectivity index (χ3n) is 11.4. The average Bonchev–Trinajstić information content (AvgIpc) is 3.36. The average molecular weight is 1070 g/mol. The standard InChI is InChI=1S/C54H88NO16PS/c1-3-5-7-9-11-13-15-17-18-19-20-21-22-23-25-27-29-31-33-38-47(59)70-42(40-69-72(66,67)71-53-51(63)49(61)48(60)50(62)52(53)64)39-68-54(65)43(55)41-73-45(44(56)35-34-37-46(57)58)36-32-30-28-26-24-16-14-12-10-8-6-4-2/h11-14,17-18,20-21,23-26,28,30,32,36,42-45,48-53,56,60-64H,3-10,15-16,19,22,27,29,31,33-35,37-41,55H2,1-2H3,(H,57,58)(H,66,67)/b13-11-,14-12-,18-17-,21-20-,25-23-,26-24-,30-28+,36-32+/t42-,43+,44+,45-,48?,49-,50+,51-,52-,53?/m1/s1. The molecule has 0 aromatic carbocycles. The molecule has 3 unspecified atom stereocenters. The minimum atomic E-state index is -5.27. The number of esters is 2. The van der Waals surface area contributed by atoms with Gasteiger partial charge in [0.1, 0.15) is 49.3 Å². The maximum atomic E-state index is 13.1. The van der Waals surface area contributed by atoms with Crippen molar-refractivity contribution in [2.75, 3.05) is 19.0 Å². The van der Waals surface area contributed by atoms with Crippen molar-refractivity contribution in [3.05, 3.63) is 97.2 Å². The largest absolute Gasteiger partial charge is 0.481 e. The van der Waals surface area contributed by atoms with Crippen molar-refractivity contribution in [2.45, 2.75) is 202 Å². The summed E-state index contributed by atoms with van der Waals surface area (Å²) in [6.07, 6.45) is 33.3. The van der Waals surface area contributed by atoms with Crippen LogP contribution in [0.5, 0.6) is 0 Å². The number of carboxylic acid groups (broad SMARTS) is 1. The van der Waals surface area contributed by atoms with Crippen LogP contribution < -0.4 is 5.73 Å². The molecule has 0 spiro atoms. The van der Waals surface area contributed by atoms with Crippen molar-refractivity contribution in [1.29, 1.82) is 0 Å². The lowest BCUT2D eigenvalue weighted by Gasteiger charge is -2.41. The van der Waals surface area contributed by atoms with Crippen LogP contribution in [0.2, 0.25) is 0 Å². The number of nitrogens with two attached hydrogens (primary N) is 1. The van der Waals surface area contributed by atoms with Crippen molar-refractivity contribution in [2.24, 2.45) is 5.73 Å². The Bertz CT molecular complexity index is 1770. The molecule has 416 valence electrons. The maximum absolute atomic E-state index is 13.1. The van der Waals surface area contributed by atoms with Gasteiger partial charge >= 0.3 is 25.7 Å². The predicted molar refractivity (Wildman–Crippen MR) is 286 cm³/mol. The molecule has 0 heterocycles. The van der Waals surface area contributed by atoms with E-state index in [1.807, 2.05) is 18.2 Å². The van der Waals surface area contributed by atoms with Crippen LogP contribution in [0, 0.1) is 0 Å². The van der Waals surface area contributed by atoms with Gasteiger partial charge in [-0.05, 0) is 83.5 Å². The van der Waals surface area contributed by atoms with E-state index in [4.69, 9.17) is 29.4 Å². The summed E-state index contributed by atoms with van der Waals surface area (Å²) in [5, 5.41) is 70.0. The lowest BCUT2D eigenvalue weighted by Crippen LogP contribution is -2.64. The molecular formula is C54H88NO16PS. The molecule has 10 N–H and O–H groups in total. The monoisotopic (exact) mass is 1070 g/mol. The number of hydrogen-bond donors (Lipinski definition) is 9. The van der Waals surface area contributed by atoms with Gasteiger partial charge in [-0.15, -0.1) is 11.8 Å². The van der Waals surface area contributed by atoms with Gasteiger partial charge in [-0.2, -0.15) is 0 Å². The van der Waals surface area contributed by atoms with Crippen LogP contribution in [0.3, 0.4) is 0 Å². The van der Waals surface area contributed by atoms with Crippen molar-refractivity contribution < 1.29 is 78.1 Å². The van der Waals surface area contributed by atoms with E-state index in [1.54, 1.807) is 18.2 Å². The molecule has 17 nitrogen and oxygen atoms in total. The van der Waals surface area contributed by atoms with Crippen LogP contribution in [0.25, 0.3) is 0 Å². The number of carboxylic acids is 1. The molecule has 73 heavy (non-hydrogen) atoms. The molecule has 0 radical (unpaired) electrons. The van der Waals surface area contributed by atoms with Gasteiger partial charge < -0.3 is 55.8 Å². The topological polar surface area (TPSA) is 293 Å². The number of carbonyl (C=O) groups is 3. The van der Waals surface area contributed by atoms with Crippen LogP contribution in [-0.4, -0.2) is 138 Å². The highest BCUT2D eigenvalue weighted by Crippen LogP contribution is 2.47. The molecule has 1 fully saturated rings. The summed E-state index contributed by atoms with van der Waals surface area (Å²) in [5.74, 6) is -2.74. The molecule has 19 heteroatoms. The molecule has 1 aliphatic rings. The maximum Gasteiger partial charge on any atom is 0.472 e. The number of aliphatic carboxylic acids is 1. The summed E-state index contributed by atoms with van der Waals surface area (Å²) in [6, 6.07) is -1.27. The minimum absolute atomic E-state index is 0.0488. The van der Waals surface area contributed by atoms with Crippen molar-refractivity contribution >= 4 is 37.5 Å². The van der Waals surface area contributed by atoms with Crippen molar-refractivity contribution in [3.63, 3.8) is 0 Å². The predicted octanol–water partition coefficient (Wildman–Crippen LogP) is 7.93. The summed E-state index contributed by atoms with van der Waals surface area (Å²) < 4.78 is 33.7. The van der Waals surface area contributed by atoms with Gasteiger partial charge in [-0.3, -0.25) is 23.4 Å². The summed E-state index contributed by atoms with van der Waals surface area (Å²) >= 11 is 1.14. The molecule has 0 saturated heterocycles. The number of ether oxygens (including phenoxy) is 2. The molecule has 0 aromatic rings. The molecule has 1 aliphatic carbocycles. The Balaban J connectivity index is 2.86. The SMILES string of the molecule is CCCCC/C=C\C\C=C/C=C/C=C/[C@@H](SC[C@H](N)C(=O)OC[C@H](COP(=O)(O)OC1[C@H](O)[C@H](O)C(O)[C@H](O)[C@H]1O)OC(=O)CCCCC/C=C\C/C=C\C/C=C\C/C=C\CCCCC)[C@@H](O)CCCC(=O)O. The fourth-order valence-electron chi connectivity index (χ4n) is 7.06. The second-order valence-corrected chi connectivity index (χ2v) is 20.5. The van der Waals surface area contributed by atoms with E-state index < -0.39 is 99.1 Å². The number of hydrogen-bond acceptors (Lipinski definition) is 16. The molecule has 1 saturated carbocycles. The first-order chi connectivity index (χ1) is 35.0. The lowest BCUT2D eigenvalue weighted by molar-refractivity contribution is -0.220. The summed E-state index contributed by atoms with van der Waals surface area (Å²) in [7, 11) is -5.27. The van der Waals surface area contributed by atoms with Gasteiger partial charge in [0.25, 0.3) is 0 Å². The Morgan fingerprint density at radius 2 is 1.14 bits per heavy atom. The first-order valence-electron chi connectivity index (χ1n) is 26.0. The highest BCUT2D eigenvalue weighted by Gasteiger charge is 2.51. The van der Waals surface area contributed by atoms with E-state index in [-0.39, 0.29) is 31.4 Å². The number of unbranched alkanes of at least 4 members (excludes halogenated alkanes) is 9. The number of rotatable bonds is 42. The highest BCUT2D eigenvalue weighted by atomic mass is 32.2. The van der Waals surface area contributed by atoms with Crippen LogP contribution in [0.4, 0.5) is 0 Å². The first-order valence-corrected chi connectivity index (χ1v) is 28.5. The zero-order valence-corrected chi connectivity index (χ0v) is 44.8. The second-order valence-electron chi connectivity index (χ2n) is 17.9. The van der Waals surface area contributed by atoms with Crippen LogP contribution in [0.1, 0.15) is 142 Å². The Labute approximate surface area is 438 Å². The number of allylic oxidation sites excluding steroid dienone is 15. The third-order valence-corrected chi connectivity index (χ3v) is 13.8. The van der Waals surface area contributed by atoms with Crippen LogP contribution in [-0.2, 0) is 37.5 Å². The number of aliphatic hydroxyl groups is 6. The van der Waals surface area contributed by atoms with Gasteiger partial charge in [-0.25, -0.2) is 4.57 Å². The normalized spacial score (nSPS) is 22.4. The van der Waals surface area contributed by atoms with E-state index >= 15 is 0 Å². The van der Waals surface area contributed by atoms with Gasteiger partial charge in [0.05, 0.1) is 12.7 Å². The van der Waals surface area contributed by atoms with Crippen LogP contribution in [0.15, 0.2) is 97.2 Å². The fourth-order valence-corrected chi connectivity index (χ4v) is 9.16. The molecular weight excluding hydrogens is 982 g/mol. The lowest BCUT2D eigenvalue weighted by atomic mass is 9.85. The number of thioether (sulfide) groups is 1. The Morgan fingerprint density at radius 1 is 0.630 bits per heavy atom. The van der Waals surface area contributed by atoms with E-state index in [1.165, 1.54) is 38.5 Å². The van der Waals surface area contributed by atoms with Crippen LogP contribution >= 0.6 is 19.6 Å². The van der Waals surface area contributed by atoms with Gasteiger partial charge in [0.15, 0.2) is 6.10 Å².